The summed E-state index contributed by atoms with van der Waals surface area (Å²) in [6.07, 6.45) is 3.98. The molecule has 0 radical (unpaired) electrons. The van der Waals surface area contributed by atoms with Gasteiger partial charge >= 0.3 is 0 Å². The summed E-state index contributed by atoms with van der Waals surface area (Å²) in [6, 6.07) is 8.28. The third-order valence-electron chi connectivity index (χ3n) is 4.18. The normalized spacial score (nSPS) is 19.0. The molecule has 2 heterocycles. The summed E-state index contributed by atoms with van der Waals surface area (Å²) in [5, 5.41) is 4.25. The van der Waals surface area contributed by atoms with Crippen LogP contribution in [0.5, 0.6) is 5.75 Å². The number of nitrogens with zero attached hydrogens (tertiary/aromatic N) is 3. The van der Waals surface area contributed by atoms with Gasteiger partial charge in [-0.1, -0.05) is 12.1 Å². The molecule has 1 aliphatic rings. The van der Waals surface area contributed by atoms with Gasteiger partial charge in [-0.25, -0.2) is 0 Å². The Bertz CT molecular complexity index is 613. The van der Waals surface area contributed by atoms with Crippen molar-refractivity contribution in [3.05, 3.63) is 47.8 Å². The molecule has 0 aliphatic carbocycles. The van der Waals surface area contributed by atoms with Gasteiger partial charge in [-0.2, -0.15) is 5.10 Å². The number of hydrogen-bond donors (Lipinski definition) is 0. The van der Waals surface area contributed by atoms with Crippen LogP contribution >= 0.6 is 0 Å². The monoisotopic (exact) mass is 315 g/mol. The van der Waals surface area contributed by atoms with Crippen LogP contribution in [0.3, 0.4) is 0 Å². The van der Waals surface area contributed by atoms with Gasteiger partial charge in [0, 0.05) is 32.0 Å². The highest BCUT2D eigenvalue weighted by Crippen LogP contribution is 2.19. The number of rotatable bonds is 6. The van der Waals surface area contributed by atoms with Crippen molar-refractivity contribution in [1.29, 1.82) is 0 Å². The molecule has 1 saturated heterocycles. The van der Waals surface area contributed by atoms with Crippen LogP contribution in [0.15, 0.2) is 36.7 Å². The molecule has 0 spiro atoms. The van der Waals surface area contributed by atoms with E-state index in [0.717, 1.165) is 38.5 Å². The van der Waals surface area contributed by atoms with E-state index in [9.17, 15) is 0 Å². The second kappa shape index (κ2) is 7.62. The first-order valence-electron chi connectivity index (χ1n) is 8.22. The van der Waals surface area contributed by atoms with Crippen LogP contribution in [0.25, 0.3) is 0 Å². The van der Waals surface area contributed by atoms with Gasteiger partial charge in [0.05, 0.1) is 19.3 Å². The third-order valence-corrected chi connectivity index (χ3v) is 4.18. The molecular formula is C18H25N3O2. The molecule has 3 rings (SSSR count). The number of morpholine rings is 1. The summed E-state index contributed by atoms with van der Waals surface area (Å²) in [6.45, 7) is 9.28. The predicted molar refractivity (Wildman–Crippen MR) is 89.8 cm³/mol. The van der Waals surface area contributed by atoms with Gasteiger partial charge < -0.3 is 9.47 Å². The molecule has 0 saturated carbocycles. The van der Waals surface area contributed by atoms with E-state index in [4.69, 9.17) is 9.47 Å². The van der Waals surface area contributed by atoms with E-state index in [0.29, 0.717) is 6.61 Å². The van der Waals surface area contributed by atoms with Crippen molar-refractivity contribution in [1.82, 2.24) is 14.7 Å². The highest BCUT2D eigenvalue weighted by Gasteiger charge is 2.20. The summed E-state index contributed by atoms with van der Waals surface area (Å²) >= 11 is 0. The Balaban J connectivity index is 1.45. The van der Waals surface area contributed by atoms with Crippen molar-refractivity contribution < 1.29 is 9.47 Å². The quantitative estimate of drug-likeness (QED) is 0.820. The minimum absolute atomic E-state index is 0.198. The minimum atomic E-state index is 0.198. The summed E-state index contributed by atoms with van der Waals surface area (Å²) in [5.74, 6) is 0.992. The lowest BCUT2D eigenvalue weighted by Crippen LogP contribution is -2.45. The maximum Gasteiger partial charge on any atom is 0.122 e. The van der Waals surface area contributed by atoms with E-state index in [1.165, 1.54) is 11.1 Å². The highest BCUT2D eigenvalue weighted by atomic mass is 16.5. The zero-order chi connectivity index (χ0) is 16.1. The zero-order valence-corrected chi connectivity index (χ0v) is 13.9. The Morgan fingerprint density at radius 3 is 3.09 bits per heavy atom. The SMILES string of the molecule is Cc1ccc(C)c(OCCN2CCOC(Cn3cccn3)C2)c1. The third kappa shape index (κ3) is 4.56. The molecule has 0 N–H and O–H groups in total. The van der Waals surface area contributed by atoms with Gasteiger partial charge in [0.2, 0.25) is 0 Å². The van der Waals surface area contributed by atoms with Gasteiger partial charge in [-0.05, 0) is 37.1 Å². The first-order chi connectivity index (χ1) is 11.2. The van der Waals surface area contributed by atoms with Crippen molar-refractivity contribution in [3.63, 3.8) is 0 Å². The topological polar surface area (TPSA) is 39.5 Å². The lowest BCUT2D eigenvalue weighted by Gasteiger charge is -2.32. The molecule has 1 fully saturated rings. The number of hydrogen-bond acceptors (Lipinski definition) is 4. The Morgan fingerprint density at radius 2 is 2.26 bits per heavy atom. The molecule has 23 heavy (non-hydrogen) atoms. The fourth-order valence-corrected chi connectivity index (χ4v) is 2.86. The average molecular weight is 315 g/mol. The van der Waals surface area contributed by atoms with Gasteiger partial charge in [0.1, 0.15) is 12.4 Å². The molecule has 1 aliphatic heterocycles. The van der Waals surface area contributed by atoms with Crippen LogP contribution in [0.2, 0.25) is 0 Å². The van der Waals surface area contributed by atoms with Crippen molar-refractivity contribution in [2.75, 3.05) is 32.8 Å². The van der Waals surface area contributed by atoms with E-state index in [-0.39, 0.29) is 6.10 Å². The Kier molecular flexibility index (Phi) is 5.31. The molecule has 0 amide bonds. The zero-order valence-electron chi connectivity index (χ0n) is 13.9. The lowest BCUT2D eigenvalue weighted by molar-refractivity contribution is -0.0401. The van der Waals surface area contributed by atoms with Crippen molar-refractivity contribution >= 4 is 0 Å². The molecule has 1 unspecified atom stereocenters. The van der Waals surface area contributed by atoms with Crippen LogP contribution in [-0.4, -0.2) is 53.6 Å². The van der Waals surface area contributed by atoms with Gasteiger partial charge in [-0.3, -0.25) is 9.58 Å². The van der Waals surface area contributed by atoms with Crippen LogP contribution < -0.4 is 4.74 Å². The molecule has 124 valence electrons. The molecule has 2 aromatic rings. The first kappa shape index (κ1) is 16.0. The average Bonchev–Trinajstić information content (AvgIpc) is 3.04. The second-order valence-electron chi connectivity index (χ2n) is 6.14. The number of aryl methyl sites for hydroxylation is 2. The molecule has 1 aromatic carbocycles. The maximum absolute atomic E-state index is 5.96. The Hall–Kier alpha value is -1.85. The fourth-order valence-electron chi connectivity index (χ4n) is 2.86. The van der Waals surface area contributed by atoms with Crippen molar-refractivity contribution in [2.24, 2.45) is 0 Å². The largest absolute Gasteiger partial charge is 0.492 e. The van der Waals surface area contributed by atoms with Crippen LogP contribution in [-0.2, 0) is 11.3 Å². The minimum Gasteiger partial charge on any atom is -0.492 e. The predicted octanol–water partition coefficient (Wildman–Crippen LogP) is 2.28. The van der Waals surface area contributed by atoms with Gasteiger partial charge in [0.25, 0.3) is 0 Å². The molecular weight excluding hydrogens is 290 g/mol. The van der Waals surface area contributed by atoms with E-state index >= 15 is 0 Å². The highest BCUT2D eigenvalue weighted by molar-refractivity contribution is 5.35. The molecule has 0 bridgehead atoms. The van der Waals surface area contributed by atoms with Crippen LogP contribution in [0.4, 0.5) is 0 Å². The number of aromatic nitrogens is 2. The lowest BCUT2D eigenvalue weighted by atomic mass is 10.1. The van der Waals surface area contributed by atoms with Crippen molar-refractivity contribution in [2.45, 2.75) is 26.5 Å². The Labute approximate surface area is 137 Å². The summed E-state index contributed by atoms with van der Waals surface area (Å²) in [5.41, 5.74) is 2.42. The molecule has 5 nitrogen and oxygen atoms in total. The molecule has 5 heteroatoms. The van der Waals surface area contributed by atoms with E-state index < -0.39 is 0 Å². The Morgan fingerprint density at radius 1 is 1.35 bits per heavy atom. The standard InChI is InChI=1S/C18H25N3O2/c1-15-4-5-16(2)18(12-15)23-11-9-20-8-10-22-17(13-20)14-21-7-3-6-19-21/h3-7,12,17H,8-11,13-14H2,1-2H3. The first-order valence-corrected chi connectivity index (χ1v) is 8.22. The summed E-state index contributed by atoms with van der Waals surface area (Å²) in [7, 11) is 0. The van der Waals surface area contributed by atoms with Crippen LogP contribution in [0, 0.1) is 13.8 Å². The van der Waals surface area contributed by atoms with E-state index in [1.807, 2.05) is 16.9 Å². The number of ether oxygens (including phenoxy) is 2. The number of benzene rings is 1. The fraction of sp³-hybridized carbons (Fsp3) is 0.500. The summed E-state index contributed by atoms with van der Waals surface area (Å²) in [4.78, 5) is 2.41. The van der Waals surface area contributed by atoms with E-state index in [1.54, 1.807) is 6.20 Å². The maximum atomic E-state index is 5.96. The van der Waals surface area contributed by atoms with Crippen molar-refractivity contribution in [3.8, 4) is 5.75 Å². The summed E-state index contributed by atoms with van der Waals surface area (Å²) < 4.78 is 13.7. The van der Waals surface area contributed by atoms with E-state index in [2.05, 4.69) is 42.0 Å². The van der Waals surface area contributed by atoms with Gasteiger partial charge in [-0.15, -0.1) is 0 Å². The smallest absolute Gasteiger partial charge is 0.122 e. The van der Waals surface area contributed by atoms with Crippen LogP contribution in [0.1, 0.15) is 11.1 Å². The molecule has 1 atom stereocenters. The van der Waals surface area contributed by atoms with Gasteiger partial charge in [0.15, 0.2) is 0 Å². The molecule has 1 aromatic heterocycles. The second-order valence-corrected chi connectivity index (χ2v) is 6.14.